The summed E-state index contributed by atoms with van der Waals surface area (Å²) in [5.74, 6) is 0. The van der Waals surface area contributed by atoms with E-state index in [0.717, 1.165) is 6.56 Å². The molecule has 0 amide bonds. The molecule has 8 heteroatoms. The lowest BCUT2D eigenvalue weighted by Crippen LogP contribution is -1.98. The van der Waals surface area contributed by atoms with Gasteiger partial charge in [0.1, 0.15) is 0 Å². The standard InChI is InChI=1S/C3H5BFI2PS3/c1-2-3-9-4(5)11(7)8-10-6/h2-3H,1H3. The molecular formula is C3H5BFI2PS3. The Morgan fingerprint density at radius 1 is 1.73 bits per heavy atom. The summed E-state index contributed by atoms with van der Waals surface area (Å²) in [5.41, 5.74) is -0.754. The van der Waals surface area contributed by atoms with Crippen LogP contribution in [0.15, 0.2) is 11.5 Å². The van der Waals surface area contributed by atoms with Crippen LogP contribution in [0.1, 0.15) is 6.92 Å². The molecule has 0 saturated heterocycles. The highest BCUT2D eigenvalue weighted by atomic mass is 127. The largest absolute Gasteiger partial charge is 0.491 e. The van der Waals surface area contributed by atoms with Gasteiger partial charge in [-0.3, -0.25) is 0 Å². The zero-order valence-electron chi connectivity index (χ0n) is 5.54. The molecule has 0 saturated carbocycles. The van der Waals surface area contributed by atoms with E-state index in [2.05, 4.69) is 42.4 Å². The lowest BCUT2D eigenvalue weighted by atomic mass is 10.6. The van der Waals surface area contributed by atoms with Gasteiger partial charge in [-0.1, -0.05) is 13.2 Å². The molecule has 0 rings (SSSR count). The first-order valence-electron chi connectivity index (χ1n) is 2.51. The van der Waals surface area contributed by atoms with E-state index in [9.17, 15) is 4.32 Å². The molecule has 0 N–H and O–H groups in total. The zero-order chi connectivity index (χ0) is 8.69. The summed E-state index contributed by atoms with van der Waals surface area (Å²) in [7, 11) is 1.47. The van der Waals surface area contributed by atoms with Gasteiger partial charge in [0.25, 0.3) is 0 Å². The van der Waals surface area contributed by atoms with Crippen LogP contribution in [0.25, 0.3) is 0 Å². The van der Waals surface area contributed by atoms with Crippen molar-refractivity contribution in [2.24, 2.45) is 0 Å². The van der Waals surface area contributed by atoms with E-state index < -0.39 is 5.55 Å². The second-order valence-corrected chi connectivity index (χ2v) is 15.6. The lowest BCUT2D eigenvalue weighted by Gasteiger charge is -1.96. The van der Waals surface area contributed by atoms with Gasteiger partial charge in [0.05, 0.1) is 0 Å². The molecule has 0 aromatic heterocycles. The third kappa shape index (κ3) is 7.60. The van der Waals surface area contributed by atoms with Gasteiger partial charge in [-0.2, -0.15) is 0 Å². The highest BCUT2D eigenvalue weighted by Gasteiger charge is 2.16. The molecule has 0 aliphatic rings. The molecule has 0 heterocycles. The fraction of sp³-hybridized carbons (Fsp3) is 0.333. The summed E-state index contributed by atoms with van der Waals surface area (Å²) in [6.45, 7) is 3.02. The van der Waals surface area contributed by atoms with Crippen LogP contribution in [-0.4, -0.2) is 5.55 Å². The summed E-state index contributed by atoms with van der Waals surface area (Å²) in [4.78, 5) is 0. The number of hydrogen-bond donors (Lipinski definition) is 0. The summed E-state index contributed by atoms with van der Waals surface area (Å²) in [6, 6.07) is 0. The molecular weight excluding hydrogens is 447 g/mol. The maximum absolute atomic E-state index is 13.1. The summed E-state index contributed by atoms with van der Waals surface area (Å²) < 4.78 is 13.1. The van der Waals surface area contributed by atoms with Gasteiger partial charge in [-0.15, -0.1) is 11.6 Å². The molecule has 0 bridgehead atoms. The normalized spacial score (nSPS) is 14.2. The van der Waals surface area contributed by atoms with E-state index in [1.54, 1.807) is 14.0 Å². The van der Waals surface area contributed by atoms with Crippen molar-refractivity contribution in [3.05, 3.63) is 11.5 Å². The second kappa shape index (κ2) is 9.11. The van der Waals surface area contributed by atoms with Crippen molar-refractivity contribution >= 4 is 81.8 Å². The monoisotopic (exact) mass is 452 g/mol. The van der Waals surface area contributed by atoms with Crippen LogP contribution in [-0.2, 0) is 7.10 Å². The minimum atomic E-state index is -0.754. The summed E-state index contributed by atoms with van der Waals surface area (Å²) in [5, 5.41) is 1.80. The molecule has 0 aliphatic heterocycles. The van der Waals surface area contributed by atoms with Crippen molar-refractivity contribution in [2.75, 3.05) is 0 Å². The predicted molar refractivity (Wildman–Crippen MR) is 79.2 cm³/mol. The van der Waals surface area contributed by atoms with E-state index in [1.807, 2.05) is 13.0 Å². The van der Waals surface area contributed by atoms with Gasteiger partial charge in [0.15, 0.2) is 0 Å². The molecule has 0 aromatic rings. The topological polar surface area (TPSA) is 0 Å². The Kier molecular flexibility index (Phi) is 11.2. The minimum Gasteiger partial charge on any atom is -0.302 e. The molecule has 0 spiro atoms. The van der Waals surface area contributed by atoms with Crippen LogP contribution in [0, 0.1) is 0 Å². The highest BCUT2D eigenvalue weighted by molar-refractivity contribution is 14.2. The zero-order valence-corrected chi connectivity index (χ0v) is 13.2. The molecule has 1 atom stereocenters. The molecule has 11 heavy (non-hydrogen) atoms. The van der Waals surface area contributed by atoms with Crippen LogP contribution in [0.5, 0.6) is 0 Å². The van der Waals surface area contributed by atoms with Crippen LogP contribution >= 0.6 is 69.1 Å². The van der Waals surface area contributed by atoms with Gasteiger partial charge in [0, 0.05) is 27.8 Å². The average molecular weight is 452 g/mol. The fourth-order valence-electron chi connectivity index (χ4n) is 0.247. The third-order valence-corrected chi connectivity index (χ3v) is 17.1. The Labute approximate surface area is 103 Å². The van der Waals surface area contributed by atoms with Crippen molar-refractivity contribution in [3.8, 4) is 0 Å². The SMILES string of the molecule is CC=CSB(F)S(I)=PSI. The first-order valence-corrected chi connectivity index (χ1v) is 12.7. The summed E-state index contributed by atoms with van der Waals surface area (Å²) >= 11 is 5.61. The maximum atomic E-state index is 13.1. The van der Waals surface area contributed by atoms with E-state index in [1.165, 1.54) is 11.6 Å². The van der Waals surface area contributed by atoms with Crippen LogP contribution in [0.3, 0.4) is 0 Å². The maximum Gasteiger partial charge on any atom is 0.491 e. The number of halogens is 3. The van der Waals surface area contributed by atoms with Crippen molar-refractivity contribution < 1.29 is 4.32 Å². The predicted octanol–water partition coefficient (Wildman–Crippen LogP) is 5.04. The molecule has 64 valence electrons. The lowest BCUT2D eigenvalue weighted by molar-refractivity contribution is 0.888. The number of allylic oxidation sites excluding steroid dienone is 1. The van der Waals surface area contributed by atoms with E-state index in [-0.39, 0.29) is 7.10 Å². The van der Waals surface area contributed by atoms with Crippen molar-refractivity contribution in [2.45, 2.75) is 6.92 Å². The Balaban J connectivity index is 3.81. The van der Waals surface area contributed by atoms with Gasteiger partial charge in [-0.05, 0) is 42.1 Å². The van der Waals surface area contributed by atoms with Crippen molar-refractivity contribution in [1.29, 1.82) is 0 Å². The Bertz CT molecular complexity index is 167. The Morgan fingerprint density at radius 3 is 2.82 bits per heavy atom. The van der Waals surface area contributed by atoms with Crippen molar-refractivity contribution in [3.63, 3.8) is 0 Å². The van der Waals surface area contributed by atoms with Gasteiger partial charge < -0.3 is 4.32 Å². The molecule has 0 radical (unpaired) electrons. The third-order valence-electron chi connectivity index (χ3n) is 0.574. The Morgan fingerprint density at radius 2 is 2.36 bits per heavy atom. The fourth-order valence-corrected chi connectivity index (χ4v) is 20.3. The summed E-state index contributed by atoms with van der Waals surface area (Å²) in [6.07, 6.45) is 1.86. The van der Waals surface area contributed by atoms with Crippen LogP contribution in [0.4, 0.5) is 4.32 Å². The van der Waals surface area contributed by atoms with E-state index in [4.69, 9.17) is 0 Å². The molecule has 0 fully saturated rings. The molecule has 1 unspecified atom stereocenters. The number of rotatable bonds is 4. The first-order chi connectivity index (χ1) is 5.22. The first kappa shape index (κ1) is 13.5. The smallest absolute Gasteiger partial charge is 0.302 e. The Hall–Kier alpha value is 2.54. The quantitative estimate of drug-likeness (QED) is 0.334. The number of hydrogen-bond acceptors (Lipinski definition) is 2. The molecule has 0 nitrogen and oxygen atoms in total. The van der Waals surface area contributed by atoms with Crippen molar-refractivity contribution in [1.82, 2.24) is 0 Å². The van der Waals surface area contributed by atoms with Gasteiger partial charge in [-0.25, -0.2) is 0 Å². The minimum absolute atomic E-state index is 0.174. The van der Waals surface area contributed by atoms with Gasteiger partial charge in [0.2, 0.25) is 0 Å². The highest BCUT2D eigenvalue weighted by Crippen LogP contribution is 2.36. The van der Waals surface area contributed by atoms with E-state index in [0.29, 0.717) is 0 Å². The van der Waals surface area contributed by atoms with Gasteiger partial charge >= 0.3 is 5.55 Å². The van der Waals surface area contributed by atoms with Crippen LogP contribution in [0.2, 0.25) is 0 Å². The molecule has 0 aromatic carbocycles. The molecule has 0 aliphatic carbocycles. The second-order valence-electron chi connectivity index (χ2n) is 1.29. The van der Waals surface area contributed by atoms with E-state index >= 15 is 0 Å². The van der Waals surface area contributed by atoms with Crippen LogP contribution < -0.4 is 0 Å². The average Bonchev–Trinajstić information content (AvgIpc) is 2.00.